The Kier molecular flexibility index (Phi) is 3.82. The van der Waals surface area contributed by atoms with Crippen LogP contribution in [0.4, 0.5) is 10.2 Å². The molecule has 1 heterocycles. The summed E-state index contributed by atoms with van der Waals surface area (Å²) in [6, 6.07) is 12.0. The van der Waals surface area contributed by atoms with E-state index in [-0.39, 0.29) is 11.6 Å². The van der Waals surface area contributed by atoms with Crippen LogP contribution in [0.1, 0.15) is 22.8 Å². The maximum Gasteiger partial charge on any atom is 0.160 e. The van der Waals surface area contributed by atoms with Crippen LogP contribution in [0.15, 0.2) is 42.5 Å². The van der Waals surface area contributed by atoms with Crippen LogP contribution in [0.5, 0.6) is 0 Å². The number of nitrogens with zero attached hydrogens (tertiary/aromatic N) is 1. The Morgan fingerprint density at radius 1 is 1.13 bits per heavy atom. The molecule has 2 aromatic carbocycles. The molecule has 0 saturated carbocycles. The molecule has 0 atom stereocenters. The van der Waals surface area contributed by atoms with Crippen molar-refractivity contribution < 1.29 is 9.18 Å². The van der Waals surface area contributed by atoms with E-state index in [1.54, 1.807) is 26.1 Å². The molecular formula is C19H17FN2O. The third kappa shape index (κ3) is 2.80. The van der Waals surface area contributed by atoms with E-state index in [1.807, 2.05) is 25.1 Å². The first-order valence-corrected chi connectivity index (χ1v) is 7.39. The van der Waals surface area contributed by atoms with Crippen molar-refractivity contribution in [3.63, 3.8) is 0 Å². The highest BCUT2D eigenvalue weighted by Gasteiger charge is 2.13. The van der Waals surface area contributed by atoms with Gasteiger partial charge in [-0.15, -0.1) is 0 Å². The highest BCUT2D eigenvalue weighted by Crippen LogP contribution is 2.32. The van der Waals surface area contributed by atoms with Crippen LogP contribution in [0.3, 0.4) is 0 Å². The van der Waals surface area contributed by atoms with Gasteiger partial charge in [-0.05, 0) is 55.3 Å². The molecule has 0 saturated heterocycles. The summed E-state index contributed by atoms with van der Waals surface area (Å²) >= 11 is 0. The van der Waals surface area contributed by atoms with E-state index >= 15 is 0 Å². The number of carbonyl (C=O) groups excluding carboxylic acids is 1. The molecule has 0 amide bonds. The first-order chi connectivity index (χ1) is 11.0. The van der Waals surface area contributed by atoms with Crippen LogP contribution in [-0.2, 0) is 0 Å². The SMILES string of the molecule is CNc1nc2cc(C)cc(C(C)=O)c2cc1-c1ccc(F)cc1. The summed E-state index contributed by atoms with van der Waals surface area (Å²) in [7, 11) is 1.79. The molecule has 0 aliphatic heterocycles. The zero-order chi connectivity index (χ0) is 16.6. The molecule has 3 rings (SSSR count). The van der Waals surface area contributed by atoms with Crippen LogP contribution in [0, 0.1) is 12.7 Å². The fourth-order valence-corrected chi connectivity index (χ4v) is 2.75. The third-order valence-electron chi connectivity index (χ3n) is 3.85. The summed E-state index contributed by atoms with van der Waals surface area (Å²) in [5.41, 5.74) is 4.10. The lowest BCUT2D eigenvalue weighted by Gasteiger charge is -2.13. The Bertz CT molecular complexity index is 901. The van der Waals surface area contributed by atoms with Gasteiger partial charge in [0.15, 0.2) is 5.78 Å². The molecule has 1 aromatic heterocycles. The number of anilines is 1. The summed E-state index contributed by atoms with van der Waals surface area (Å²) in [4.78, 5) is 16.6. The van der Waals surface area contributed by atoms with E-state index in [0.717, 1.165) is 27.6 Å². The maximum absolute atomic E-state index is 13.2. The van der Waals surface area contributed by atoms with Crippen molar-refractivity contribution in [2.45, 2.75) is 13.8 Å². The number of hydrogen-bond donors (Lipinski definition) is 1. The van der Waals surface area contributed by atoms with Gasteiger partial charge in [-0.3, -0.25) is 4.79 Å². The molecule has 0 radical (unpaired) electrons. The number of nitrogens with one attached hydrogen (secondary N) is 1. The molecule has 0 bridgehead atoms. The second-order valence-electron chi connectivity index (χ2n) is 5.58. The monoisotopic (exact) mass is 308 g/mol. The molecule has 0 unspecified atom stereocenters. The van der Waals surface area contributed by atoms with E-state index in [2.05, 4.69) is 10.3 Å². The zero-order valence-corrected chi connectivity index (χ0v) is 13.3. The van der Waals surface area contributed by atoms with Gasteiger partial charge in [-0.1, -0.05) is 12.1 Å². The quantitative estimate of drug-likeness (QED) is 0.719. The number of halogens is 1. The summed E-state index contributed by atoms with van der Waals surface area (Å²) < 4.78 is 13.2. The van der Waals surface area contributed by atoms with E-state index in [0.29, 0.717) is 11.4 Å². The van der Waals surface area contributed by atoms with Crippen molar-refractivity contribution in [3.8, 4) is 11.1 Å². The number of rotatable bonds is 3. The summed E-state index contributed by atoms with van der Waals surface area (Å²) in [5, 5.41) is 3.89. The van der Waals surface area contributed by atoms with Gasteiger partial charge in [0, 0.05) is 23.6 Å². The minimum Gasteiger partial charge on any atom is -0.373 e. The topological polar surface area (TPSA) is 42.0 Å². The Morgan fingerprint density at radius 2 is 1.83 bits per heavy atom. The Hall–Kier alpha value is -2.75. The molecule has 23 heavy (non-hydrogen) atoms. The normalized spacial score (nSPS) is 10.8. The molecule has 0 spiro atoms. The van der Waals surface area contributed by atoms with Crippen LogP contribution in [0.25, 0.3) is 22.0 Å². The van der Waals surface area contributed by atoms with Gasteiger partial charge in [-0.2, -0.15) is 0 Å². The minimum atomic E-state index is -0.284. The van der Waals surface area contributed by atoms with Crippen LogP contribution in [0.2, 0.25) is 0 Å². The summed E-state index contributed by atoms with van der Waals surface area (Å²) in [6.45, 7) is 3.50. The smallest absolute Gasteiger partial charge is 0.160 e. The molecular weight excluding hydrogens is 291 g/mol. The molecule has 116 valence electrons. The van der Waals surface area contributed by atoms with Crippen molar-refractivity contribution in [3.05, 3.63) is 59.4 Å². The largest absolute Gasteiger partial charge is 0.373 e. The Morgan fingerprint density at radius 3 is 2.43 bits per heavy atom. The maximum atomic E-state index is 13.2. The van der Waals surface area contributed by atoms with Gasteiger partial charge in [0.2, 0.25) is 0 Å². The second kappa shape index (κ2) is 5.80. The molecule has 3 aromatic rings. The van der Waals surface area contributed by atoms with Crippen molar-refractivity contribution in [2.24, 2.45) is 0 Å². The number of ketones is 1. The van der Waals surface area contributed by atoms with Gasteiger partial charge in [0.1, 0.15) is 11.6 Å². The Labute approximate surface area is 134 Å². The summed E-state index contributed by atoms with van der Waals surface area (Å²) in [6.07, 6.45) is 0. The number of Topliss-reactive ketones (excluding diaryl/α,β-unsaturated/α-hetero) is 1. The van der Waals surface area contributed by atoms with Gasteiger partial charge >= 0.3 is 0 Å². The lowest BCUT2D eigenvalue weighted by molar-refractivity contribution is 0.101. The lowest BCUT2D eigenvalue weighted by Crippen LogP contribution is -2.01. The van der Waals surface area contributed by atoms with Crippen molar-refractivity contribution in [2.75, 3.05) is 12.4 Å². The minimum absolute atomic E-state index is 0.00256. The fourth-order valence-electron chi connectivity index (χ4n) is 2.75. The van der Waals surface area contributed by atoms with Crippen molar-refractivity contribution >= 4 is 22.5 Å². The third-order valence-corrected chi connectivity index (χ3v) is 3.85. The van der Waals surface area contributed by atoms with E-state index in [1.165, 1.54) is 12.1 Å². The fraction of sp³-hybridized carbons (Fsp3) is 0.158. The van der Waals surface area contributed by atoms with E-state index in [4.69, 9.17) is 0 Å². The predicted octanol–water partition coefficient (Wildman–Crippen LogP) is 4.59. The average molecular weight is 308 g/mol. The number of carbonyl (C=O) groups is 1. The van der Waals surface area contributed by atoms with Gasteiger partial charge < -0.3 is 5.32 Å². The molecule has 0 aliphatic carbocycles. The van der Waals surface area contributed by atoms with Gasteiger partial charge in [-0.25, -0.2) is 9.37 Å². The van der Waals surface area contributed by atoms with Crippen molar-refractivity contribution in [1.29, 1.82) is 0 Å². The Balaban J connectivity index is 2.33. The lowest BCUT2D eigenvalue weighted by atomic mass is 9.98. The standard InChI is InChI=1S/C19H17FN2O/c1-11-8-15(12(2)23)17-10-16(13-4-6-14(20)7-5-13)19(21-3)22-18(17)9-11/h4-10H,1-3H3,(H,21,22). The highest BCUT2D eigenvalue weighted by atomic mass is 19.1. The van der Waals surface area contributed by atoms with Gasteiger partial charge in [0.05, 0.1) is 5.52 Å². The predicted molar refractivity (Wildman–Crippen MR) is 91.4 cm³/mol. The number of pyridine rings is 1. The average Bonchev–Trinajstić information content (AvgIpc) is 2.53. The molecule has 4 heteroatoms. The van der Waals surface area contributed by atoms with E-state index < -0.39 is 0 Å². The highest BCUT2D eigenvalue weighted by molar-refractivity contribution is 6.08. The molecule has 0 fully saturated rings. The number of hydrogen-bond acceptors (Lipinski definition) is 3. The molecule has 0 aliphatic rings. The number of benzene rings is 2. The second-order valence-corrected chi connectivity index (χ2v) is 5.58. The number of fused-ring (bicyclic) bond motifs is 1. The number of aryl methyl sites for hydroxylation is 1. The zero-order valence-electron chi connectivity index (χ0n) is 13.3. The van der Waals surface area contributed by atoms with Crippen LogP contribution < -0.4 is 5.32 Å². The van der Waals surface area contributed by atoms with E-state index in [9.17, 15) is 9.18 Å². The van der Waals surface area contributed by atoms with Crippen LogP contribution >= 0.6 is 0 Å². The molecule has 1 N–H and O–H groups in total. The summed E-state index contributed by atoms with van der Waals surface area (Å²) in [5.74, 6) is 0.417. The van der Waals surface area contributed by atoms with Gasteiger partial charge in [0.25, 0.3) is 0 Å². The molecule has 3 nitrogen and oxygen atoms in total. The first kappa shape index (κ1) is 15.2. The van der Waals surface area contributed by atoms with Crippen molar-refractivity contribution in [1.82, 2.24) is 4.98 Å². The number of aromatic nitrogens is 1. The van der Waals surface area contributed by atoms with Crippen LogP contribution in [-0.4, -0.2) is 17.8 Å². The first-order valence-electron chi connectivity index (χ1n) is 7.39.